The van der Waals surface area contributed by atoms with Gasteiger partial charge in [0.2, 0.25) is 0 Å². The molecule has 36 heavy (non-hydrogen) atoms. The van der Waals surface area contributed by atoms with Gasteiger partial charge < -0.3 is 0 Å². The smallest absolute Gasteiger partial charge is 0.0792 e. The van der Waals surface area contributed by atoms with E-state index in [0.717, 1.165) is 33.1 Å². The van der Waals surface area contributed by atoms with Crippen molar-refractivity contribution in [2.75, 3.05) is 0 Å². The number of aromatic nitrogens is 2. The van der Waals surface area contributed by atoms with Gasteiger partial charge in [-0.3, -0.25) is 4.98 Å². The molecular formula is C34H22N2. The lowest BCUT2D eigenvalue weighted by Crippen LogP contribution is -1.92. The molecule has 0 aliphatic carbocycles. The Morgan fingerprint density at radius 1 is 0.417 bits per heavy atom. The molecule has 0 radical (unpaired) electrons. The van der Waals surface area contributed by atoms with E-state index in [1.54, 1.807) is 0 Å². The topological polar surface area (TPSA) is 25.8 Å². The van der Waals surface area contributed by atoms with Crippen LogP contribution in [0.4, 0.5) is 0 Å². The molecule has 2 nitrogen and oxygen atoms in total. The number of pyridine rings is 2. The molecule has 0 saturated heterocycles. The van der Waals surface area contributed by atoms with Crippen LogP contribution in [0, 0.1) is 0 Å². The Morgan fingerprint density at radius 2 is 1.06 bits per heavy atom. The number of fused-ring (bicyclic) bond motifs is 3. The molecule has 0 bridgehead atoms. The zero-order valence-electron chi connectivity index (χ0n) is 19.6. The van der Waals surface area contributed by atoms with Crippen molar-refractivity contribution in [3.8, 4) is 33.5 Å². The standard InChI is InChI=1S/C34H22N2/c1-2-10-25(11-3-1)33-28-13-6-5-12-27(28)32(29-14-8-22-35-34(29)33)26-18-16-24(17-19-26)31-21-20-23-9-4-7-15-30(23)36-31/h1-22H. The van der Waals surface area contributed by atoms with Crippen LogP contribution in [0.15, 0.2) is 134 Å². The molecule has 168 valence electrons. The van der Waals surface area contributed by atoms with E-state index >= 15 is 0 Å². The van der Waals surface area contributed by atoms with Gasteiger partial charge in [-0.25, -0.2) is 4.98 Å². The molecule has 7 rings (SSSR count). The highest BCUT2D eigenvalue weighted by atomic mass is 14.7. The molecule has 0 amide bonds. The average Bonchev–Trinajstić information content (AvgIpc) is 2.96. The summed E-state index contributed by atoms with van der Waals surface area (Å²) in [5.74, 6) is 0. The molecule has 0 atom stereocenters. The van der Waals surface area contributed by atoms with Crippen molar-refractivity contribution >= 4 is 32.6 Å². The minimum atomic E-state index is 0.982. The predicted molar refractivity (Wildman–Crippen MR) is 151 cm³/mol. The second-order valence-corrected chi connectivity index (χ2v) is 9.03. The normalized spacial score (nSPS) is 11.3. The van der Waals surface area contributed by atoms with E-state index in [4.69, 9.17) is 9.97 Å². The van der Waals surface area contributed by atoms with E-state index in [0.29, 0.717) is 0 Å². The van der Waals surface area contributed by atoms with Gasteiger partial charge in [-0.2, -0.15) is 0 Å². The summed E-state index contributed by atoms with van der Waals surface area (Å²) in [7, 11) is 0. The first-order valence-electron chi connectivity index (χ1n) is 12.2. The number of para-hydroxylation sites is 1. The first kappa shape index (κ1) is 20.5. The highest BCUT2D eigenvalue weighted by molar-refractivity contribution is 6.20. The van der Waals surface area contributed by atoms with Gasteiger partial charge in [-0.15, -0.1) is 0 Å². The van der Waals surface area contributed by atoms with Gasteiger partial charge in [0, 0.05) is 28.1 Å². The third kappa shape index (κ3) is 3.35. The lowest BCUT2D eigenvalue weighted by Gasteiger charge is -2.17. The summed E-state index contributed by atoms with van der Waals surface area (Å²) in [6.07, 6.45) is 1.89. The van der Waals surface area contributed by atoms with Crippen LogP contribution in [-0.4, -0.2) is 9.97 Å². The van der Waals surface area contributed by atoms with Crippen molar-refractivity contribution in [2.45, 2.75) is 0 Å². The summed E-state index contributed by atoms with van der Waals surface area (Å²) in [6.45, 7) is 0. The van der Waals surface area contributed by atoms with Crippen LogP contribution < -0.4 is 0 Å². The fourth-order valence-electron chi connectivity index (χ4n) is 5.24. The molecule has 0 fully saturated rings. The molecule has 0 N–H and O–H groups in total. The van der Waals surface area contributed by atoms with Crippen molar-refractivity contribution in [3.05, 3.63) is 134 Å². The Hall–Kier alpha value is -4.82. The average molecular weight is 459 g/mol. The monoisotopic (exact) mass is 458 g/mol. The fraction of sp³-hybridized carbons (Fsp3) is 0. The van der Waals surface area contributed by atoms with Crippen LogP contribution >= 0.6 is 0 Å². The molecule has 2 heterocycles. The van der Waals surface area contributed by atoms with E-state index in [1.165, 1.54) is 33.0 Å². The van der Waals surface area contributed by atoms with E-state index in [-0.39, 0.29) is 0 Å². The fourth-order valence-corrected chi connectivity index (χ4v) is 5.24. The maximum absolute atomic E-state index is 4.88. The molecule has 5 aromatic carbocycles. The largest absolute Gasteiger partial charge is 0.256 e. The Kier molecular flexibility index (Phi) is 4.82. The number of hydrogen-bond donors (Lipinski definition) is 0. The van der Waals surface area contributed by atoms with Crippen LogP contribution in [0.25, 0.3) is 66.1 Å². The van der Waals surface area contributed by atoms with Gasteiger partial charge in [-0.1, -0.05) is 109 Å². The lowest BCUT2D eigenvalue weighted by molar-refractivity contribution is 1.40. The molecule has 0 saturated carbocycles. The number of nitrogens with zero attached hydrogens (tertiary/aromatic N) is 2. The summed E-state index contributed by atoms with van der Waals surface area (Å²) >= 11 is 0. The van der Waals surface area contributed by atoms with Crippen molar-refractivity contribution in [2.24, 2.45) is 0 Å². The number of benzene rings is 5. The summed E-state index contributed by atoms with van der Waals surface area (Å²) in [6, 6.07) is 44.7. The molecule has 0 unspecified atom stereocenters. The second kappa shape index (κ2) is 8.44. The maximum atomic E-state index is 4.88. The van der Waals surface area contributed by atoms with Gasteiger partial charge in [0.25, 0.3) is 0 Å². The Labute approximate surface area is 209 Å². The zero-order chi connectivity index (χ0) is 23.9. The molecule has 0 spiro atoms. The van der Waals surface area contributed by atoms with Gasteiger partial charge in [0.15, 0.2) is 0 Å². The minimum absolute atomic E-state index is 0.982. The quantitative estimate of drug-likeness (QED) is 0.247. The molecule has 2 aromatic heterocycles. The van der Waals surface area contributed by atoms with Gasteiger partial charge in [0.1, 0.15) is 0 Å². The first-order valence-corrected chi connectivity index (χ1v) is 12.2. The second-order valence-electron chi connectivity index (χ2n) is 9.03. The molecule has 0 aliphatic rings. The Bertz CT molecular complexity index is 1810. The third-order valence-corrected chi connectivity index (χ3v) is 6.91. The predicted octanol–water partition coefficient (Wildman–Crippen LogP) is 8.94. The first-order chi connectivity index (χ1) is 17.9. The van der Waals surface area contributed by atoms with Crippen LogP contribution in [0.1, 0.15) is 0 Å². The molecular weight excluding hydrogens is 436 g/mol. The molecule has 2 heteroatoms. The molecule has 0 aliphatic heterocycles. The maximum Gasteiger partial charge on any atom is 0.0792 e. The van der Waals surface area contributed by atoms with E-state index in [2.05, 4.69) is 109 Å². The van der Waals surface area contributed by atoms with Gasteiger partial charge in [-0.05, 0) is 45.7 Å². The van der Waals surface area contributed by atoms with Gasteiger partial charge >= 0.3 is 0 Å². The number of rotatable bonds is 3. The third-order valence-electron chi connectivity index (χ3n) is 6.91. The van der Waals surface area contributed by atoms with Gasteiger partial charge in [0.05, 0.1) is 16.7 Å². The summed E-state index contributed by atoms with van der Waals surface area (Å²) in [5, 5.41) is 4.76. The Morgan fingerprint density at radius 3 is 1.89 bits per heavy atom. The van der Waals surface area contributed by atoms with Crippen molar-refractivity contribution in [3.63, 3.8) is 0 Å². The van der Waals surface area contributed by atoms with E-state index < -0.39 is 0 Å². The van der Waals surface area contributed by atoms with E-state index in [9.17, 15) is 0 Å². The van der Waals surface area contributed by atoms with Crippen LogP contribution in [0.2, 0.25) is 0 Å². The SMILES string of the molecule is c1ccc(-c2c3ccccc3c(-c3ccc(-c4ccc5ccccc5n4)cc3)c3cccnc23)cc1. The summed E-state index contributed by atoms with van der Waals surface area (Å²) in [5.41, 5.74) is 8.88. The summed E-state index contributed by atoms with van der Waals surface area (Å²) in [4.78, 5) is 9.76. The summed E-state index contributed by atoms with van der Waals surface area (Å²) < 4.78 is 0. The van der Waals surface area contributed by atoms with Crippen LogP contribution in [0.5, 0.6) is 0 Å². The van der Waals surface area contributed by atoms with Crippen LogP contribution in [0.3, 0.4) is 0 Å². The van der Waals surface area contributed by atoms with Crippen molar-refractivity contribution < 1.29 is 0 Å². The zero-order valence-corrected chi connectivity index (χ0v) is 19.6. The highest BCUT2D eigenvalue weighted by Crippen LogP contribution is 2.42. The molecule has 7 aromatic rings. The van der Waals surface area contributed by atoms with E-state index in [1.807, 2.05) is 24.4 Å². The number of hydrogen-bond acceptors (Lipinski definition) is 2. The van der Waals surface area contributed by atoms with Crippen LogP contribution in [-0.2, 0) is 0 Å². The minimum Gasteiger partial charge on any atom is -0.256 e. The Balaban J connectivity index is 1.44. The van der Waals surface area contributed by atoms with Crippen molar-refractivity contribution in [1.82, 2.24) is 9.97 Å². The lowest BCUT2D eigenvalue weighted by atomic mass is 9.88. The van der Waals surface area contributed by atoms with Crippen molar-refractivity contribution in [1.29, 1.82) is 0 Å². The highest BCUT2D eigenvalue weighted by Gasteiger charge is 2.17.